The van der Waals surface area contributed by atoms with E-state index in [0.717, 1.165) is 31.7 Å². The number of ketones is 1. The van der Waals surface area contributed by atoms with Gasteiger partial charge in [0.15, 0.2) is 11.6 Å². The molecule has 1 aromatic carbocycles. The summed E-state index contributed by atoms with van der Waals surface area (Å²) in [5.74, 6) is 1.23. The predicted molar refractivity (Wildman–Crippen MR) is 78.8 cm³/mol. The molecule has 0 aliphatic carbocycles. The third-order valence-electron chi connectivity index (χ3n) is 3.64. The van der Waals surface area contributed by atoms with Gasteiger partial charge in [0.1, 0.15) is 0 Å². The van der Waals surface area contributed by atoms with Gasteiger partial charge in [-0.05, 0) is 18.4 Å². The van der Waals surface area contributed by atoms with Crippen LogP contribution in [-0.2, 0) is 11.3 Å². The third-order valence-corrected chi connectivity index (χ3v) is 3.64. The lowest BCUT2D eigenvalue weighted by molar-refractivity contribution is -0.117. The van der Waals surface area contributed by atoms with Gasteiger partial charge in [-0.2, -0.15) is 5.10 Å². The minimum Gasteiger partial charge on any atom is -0.348 e. The number of nitrogens with zero attached hydrogens (tertiary/aromatic N) is 3. The van der Waals surface area contributed by atoms with Gasteiger partial charge in [0, 0.05) is 25.2 Å². The van der Waals surface area contributed by atoms with E-state index < -0.39 is 0 Å². The Balaban J connectivity index is 1.71. The summed E-state index contributed by atoms with van der Waals surface area (Å²) in [6.45, 7) is 2.19. The van der Waals surface area contributed by atoms with E-state index in [1.165, 1.54) is 5.56 Å². The predicted octanol–water partition coefficient (Wildman–Crippen LogP) is 2.49. The van der Waals surface area contributed by atoms with Gasteiger partial charge < -0.3 is 4.90 Å². The van der Waals surface area contributed by atoms with E-state index in [9.17, 15) is 4.79 Å². The Bertz CT molecular complexity index is 576. The van der Waals surface area contributed by atoms with Crippen LogP contribution >= 0.6 is 0 Å². The third kappa shape index (κ3) is 3.07. The number of benzene rings is 1. The van der Waals surface area contributed by atoms with Crippen LogP contribution in [0.5, 0.6) is 0 Å². The van der Waals surface area contributed by atoms with Crippen molar-refractivity contribution >= 4 is 11.6 Å². The highest BCUT2D eigenvalue weighted by atomic mass is 16.1. The molecule has 0 amide bonds. The van der Waals surface area contributed by atoms with E-state index in [1.807, 2.05) is 35.1 Å². The molecule has 2 heterocycles. The van der Waals surface area contributed by atoms with Crippen LogP contribution in [0, 0.1) is 0 Å². The van der Waals surface area contributed by atoms with Crippen molar-refractivity contribution in [3.05, 3.63) is 48.2 Å². The maximum atomic E-state index is 11.7. The highest BCUT2D eigenvalue weighted by molar-refractivity contribution is 5.83. The van der Waals surface area contributed by atoms with Crippen molar-refractivity contribution in [2.75, 3.05) is 18.0 Å². The molecule has 3 rings (SSSR count). The monoisotopic (exact) mass is 269 g/mol. The average molecular weight is 269 g/mol. The summed E-state index contributed by atoms with van der Waals surface area (Å²) in [4.78, 5) is 13.8. The first-order chi connectivity index (χ1) is 9.81. The van der Waals surface area contributed by atoms with Crippen molar-refractivity contribution in [1.82, 2.24) is 9.78 Å². The molecule has 1 fully saturated rings. The van der Waals surface area contributed by atoms with Crippen LogP contribution in [0.1, 0.15) is 24.8 Å². The zero-order valence-electron chi connectivity index (χ0n) is 11.5. The van der Waals surface area contributed by atoms with Crippen LogP contribution in [0.3, 0.4) is 0 Å². The number of rotatable bonds is 3. The molecule has 104 valence electrons. The molecule has 4 nitrogen and oxygen atoms in total. The summed E-state index contributed by atoms with van der Waals surface area (Å²) in [5, 5.41) is 4.60. The van der Waals surface area contributed by atoms with E-state index >= 15 is 0 Å². The number of anilines is 1. The highest BCUT2D eigenvalue weighted by Crippen LogP contribution is 2.16. The number of hydrogen-bond acceptors (Lipinski definition) is 3. The Morgan fingerprint density at radius 1 is 1.10 bits per heavy atom. The van der Waals surface area contributed by atoms with E-state index in [4.69, 9.17) is 0 Å². The second kappa shape index (κ2) is 5.90. The van der Waals surface area contributed by atoms with Gasteiger partial charge in [-0.15, -0.1) is 0 Å². The molecule has 0 bridgehead atoms. The molecule has 1 aliphatic heterocycles. The number of hydrogen-bond donors (Lipinski definition) is 0. The molecule has 0 unspecified atom stereocenters. The largest absolute Gasteiger partial charge is 0.348 e. The summed E-state index contributed by atoms with van der Waals surface area (Å²) in [6.07, 6.45) is 4.76. The number of carbonyl (C=O) groups excluding carboxylic acids is 1. The van der Waals surface area contributed by atoms with Crippen LogP contribution in [0.25, 0.3) is 0 Å². The quantitative estimate of drug-likeness (QED) is 0.859. The van der Waals surface area contributed by atoms with Crippen molar-refractivity contribution < 1.29 is 4.79 Å². The zero-order chi connectivity index (χ0) is 13.8. The van der Waals surface area contributed by atoms with Crippen LogP contribution in [0.2, 0.25) is 0 Å². The summed E-state index contributed by atoms with van der Waals surface area (Å²) >= 11 is 0. The Morgan fingerprint density at radius 2 is 1.95 bits per heavy atom. The molecule has 0 atom stereocenters. The molecule has 0 saturated carbocycles. The van der Waals surface area contributed by atoms with Crippen molar-refractivity contribution in [1.29, 1.82) is 0 Å². The number of aromatic nitrogens is 2. The highest BCUT2D eigenvalue weighted by Gasteiger charge is 2.17. The van der Waals surface area contributed by atoms with E-state index in [1.54, 1.807) is 0 Å². The number of Topliss-reactive ketones (excluding diaryl/α,β-unsaturated/α-hetero) is 1. The van der Waals surface area contributed by atoms with Crippen LogP contribution in [0.4, 0.5) is 5.82 Å². The van der Waals surface area contributed by atoms with Gasteiger partial charge in [-0.25, -0.2) is 0 Å². The van der Waals surface area contributed by atoms with E-state index in [-0.39, 0.29) is 0 Å². The lowest BCUT2D eigenvalue weighted by Crippen LogP contribution is -2.28. The van der Waals surface area contributed by atoms with Gasteiger partial charge >= 0.3 is 0 Å². The lowest BCUT2D eigenvalue weighted by Gasteiger charge is -2.18. The summed E-state index contributed by atoms with van der Waals surface area (Å²) in [6, 6.07) is 12.3. The zero-order valence-corrected chi connectivity index (χ0v) is 11.5. The van der Waals surface area contributed by atoms with Crippen LogP contribution in [-0.4, -0.2) is 28.7 Å². The molecular weight excluding hydrogens is 250 g/mol. The molecule has 1 aromatic heterocycles. The molecule has 0 radical (unpaired) electrons. The summed E-state index contributed by atoms with van der Waals surface area (Å²) < 4.78 is 1.93. The normalized spacial score (nSPS) is 16.2. The first kappa shape index (κ1) is 12.9. The van der Waals surface area contributed by atoms with Crippen molar-refractivity contribution in [3.63, 3.8) is 0 Å². The Labute approximate surface area is 119 Å². The molecule has 4 heteroatoms. The average Bonchev–Trinajstić information content (AvgIpc) is 2.81. The van der Waals surface area contributed by atoms with Gasteiger partial charge in [0.25, 0.3) is 0 Å². The van der Waals surface area contributed by atoms with Crippen molar-refractivity contribution in [3.8, 4) is 0 Å². The first-order valence-corrected chi connectivity index (χ1v) is 7.15. The lowest BCUT2D eigenvalue weighted by atomic mass is 10.2. The first-order valence-electron chi connectivity index (χ1n) is 7.15. The topological polar surface area (TPSA) is 38.1 Å². The Kier molecular flexibility index (Phi) is 3.81. The maximum Gasteiger partial charge on any atom is 0.152 e. The fourth-order valence-corrected chi connectivity index (χ4v) is 2.57. The smallest absolute Gasteiger partial charge is 0.152 e. The maximum absolute atomic E-state index is 11.7. The standard InChI is InChI=1S/C16H19N3O/c20-15-8-4-5-10-18(13-15)16-9-11-19(17-16)12-14-6-2-1-3-7-14/h1-3,6-7,9,11H,4-5,8,10,12-13H2. The fourth-order valence-electron chi connectivity index (χ4n) is 2.57. The van der Waals surface area contributed by atoms with Gasteiger partial charge in [-0.3, -0.25) is 9.48 Å². The van der Waals surface area contributed by atoms with E-state index in [2.05, 4.69) is 22.1 Å². The van der Waals surface area contributed by atoms with Crippen molar-refractivity contribution in [2.24, 2.45) is 0 Å². The molecule has 20 heavy (non-hydrogen) atoms. The van der Waals surface area contributed by atoms with E-state index in [0.29, 0.717) is 18.7 Å². The van der Waals surface area contributed by atoms with Crippen LogP contribution < -0.4 is 4.90 Å². The second-order valence-corrected chi connectivity index (χ2v) is 5.27. The fraction of sp³-hybridized carbons (Fsp3) is 0.375. The van der Waals surface area contributed by atoms with Crippen LogP contribution in [0.15, 0.2) is 42.6 Å². The Hall–Kier alpha value is -2.10. The molecule has 0 N–H and O–H groups in total. The second-order valence-electron chi connectivity index (χ2n) is 5.27. The van der Waals surface area contributed by atoms with Gasteiger partial charge in [0.2, 0.25) is 0 Å². The molecule has 1 aliphatic rings. The van der Waals surface area contributed by atoms with Gasteiger partial charge in [0.05, 0.1) is 13.1 Å². The van der Waals surface area contributed by atoms with Gasteiger partial charge in [-0.1, -0.05) is 30.3 Å². The van der Waals surface area contributed by atoms with Crippen molar-refractivity contribution in [2.45, 2.75) is 25.8 Å². The molecular formula is C16H19N3O. The summed E-state index contributed by atoms with van der Waals surface area (Å²) in [5.41, 5.74) is 1.23. The minimum absolute atomic E-state index is 0.320. The molecule has 0 spiro atoms. The molecule has 2 aromatic rings. The molecule has 1 saturated heterocycles. The summed E-state index contributed by atoms with van der Waals surface area (Å²) in [7, 11) is 0. The Morgan fingerprint density at radius 3 is 2.80 bits per heavy atom. The number of carbonyl (C=O) groups is 1. The minimum atomic E-state index is 0.320. The SMILES string of the molecule is O=C1CCCCN(c2ccn(Cc3ccccc3)n2)C1.